The van der Waals surface area contributed by atoms with Crippen molar-refractivity contribution in [2.24, 2.45) is 0 Å². The van der Waals surface area contributed by atoms with Crippen LogP contribution < -0.4 is 10.2 Å². The molecular formula is C14H18N2O4. The Balaban J connectivity index is 2.34. The molecule has 3 amide bonds. The van der Waals surface area contributed by atoms with Crippen LogP contribution in [0.15, 0.2) is 30.3 Å². The van der Waals surface area contributed by atoms with E-state index in [9.17, 15) is 14.4 Å². The highest BCUT2D eigenvalue weighted by atomic mass is 16.4. The van der Waals surface area contributed by atoms with Crippen molar-refractivity contribution in [2.75, 3.05) is 11.9 Å². The average molecular weight is 278 g/mol. The van der Waals surface area contributed by atoms with E-state index < -0.39 is 17.9 Å². The molecule has 0 unspecified atom stereocenters. The van der Waals surface area contributed by atoms with Gasteiger partial charge in [-0.25, -0.2) is 4.79 Å². The molecule has 0 heterocycles. The third kappa shape index (κ3) is 5.51. The zero-order chi connectivity index (χ0) is 15.0. The quantitative estimate of drug-likeness (QED) is 0.779. The van der Waals surface area contributed by atoms with Crippen LogP contribution in [0.5, 0.6) is 0 Å². The monoisotopic (exact) mass is 278 g/mol. The number of carbonyl (C=O) groups excluding carboxylic acids is 2. The molecule has 0 bridgehead atoms. The standard InChI is InChI=1S/C14H18N2O4/c1-16(11-7-3-2-4-8-11)14(20)15-12(17)9-5-6-10-13(18)19/h2-4,7-8H,5-6,9-10H2,1H3,(H,18,19)(H,15,17,20). The van der Waals surface area contributed by atoms with Crippen LogP contribution in [0.3, 0.4) is 0 Å². The Hall–Kier alpha value is -2.37. The van der Waals surface area contributed by atoms with E-state index in [1.165, 1.54) is 4.90 Å². The van der Waals surface area contributed by atoms with Crippen molar-refractivity contribution in [3.63, 3.8) is 0 Å². The molecule has 0 radical (unpaired) electrons. The molecule has 0 spiro atoms. The van der Waals surface area contributed by atoms with E-state index in [0.29, 0.717) is 18.5 Å². The first-order chi connectivity index (χ1) is 9.50. The molecule has 0 saturated heterocycles. The molecule has 1 aromatic carbocycles. The highest BCUT2D eigenvalue weighted by molar-refractivity contribution is 6.02. The molecule has 20 heavy (non-hydrogen) atoms. The van der Waals surface area contributed by atoms with Crippen molar-refractivity contribution >= 4 is 23.6 Å². The average Bonchev–Trinajstić information content (AvgIpc) is 2.43. The van der Waals surface area contributed by atoms with Crippen molar-refractivity contribution in [1.29, 1.82) is 0 Å². The summed E-state index contributed by atoms with van der Waals surface area (Å²) in [5.41, 5.74) is 0.684. The zero-order valence-corrected chi connectivity index (χ0v) is 11.3. The fourth-order valence-corrected chi connectivity index (χ4v) is 1.60. The molecule has 0 aliphatic heterocycles. The summed E-state index contributed by atoms with van der Waals surface area (Å²) in [7, 11) is 1.57. The number of carboxylic acids is 1. The molecule has 0 atom stereocenters. The zero-order valence-electron chi connectivity index (χ0n) is 11.3. The molecule has 6 nitrogen and oxygen atoms in total. The maximum atomic E-state index is 11.8. The Kier molecular flexibility index (Phi) is 6.22. The van der Waals surface area contributed by atoms with Crippen molar-refractivity contribution in [3.8, 4) is 0 Å². The molecule has 2 N–H and O–H groups in total. The number of nitrogens with zero attached hydrogens (tertiary/aromatic N) is 1. The maximum Gasteiger partial charge on any atom is 0.328 e. The van der Waals surface area contributed by atoms with Crippen LogP contribution in [0.25, 0.3) is 0 Å². The van der Waals surface area contributed by atoms with Crippen LogP contribution in [0.2, 0.25) is 0 Å². The Morgan fingerprint density at radius 3 is 2.30 bits per heavy atom. The number of hydrogen-bond acceptors (Lipinski definition) is 3. The van der Waals surface area contributed by atoms with Crippen molar-refractivity contribution in [3.05, 3.63) is 30.3 Å². The minimum Gasteiger partial charge on any atom is -0.481 e. The van der Waals surface area contributed by atoms with E-state index in [1.807, 2.05) is 6.07 Å². The van der Waals surface area contributed by atoms with Crippen LogP contribution >= 0.6 is 0 Å². The number of rotatable bonds is 6. The van der Waals surface area contributed by atoms with Crippen LogP contribution in [-0.4, -0.2) is 30.1 Å². The number of urea groups is 1. The number of carbonyl (C=O) groups is 3. The Bertz CT molecular complexity index is 473. The largest absolute Gasteiger partial charge is 0.481 e. The van der Waals surface area contributed by atoms with Gasteiger partial charge in [0.05, 0.1) is 0 Å². The third-order valence-electron chi connectivity index (χ3n) is 2.74. The van der Waals surface area contributed by atoms with Crippen LogP contribution in [0, 0.1) is 0 Å². The van der Waals surface area contributed by atoms with E-state index in [0.717, 1.165) is 0 Å². The van der Waals surface area contributed by atoms with Crippen LogP contribution in [0.1, 0.15) is 25.7 Å². The van der Waals surface area contributed by atoms with Gasteiger partial charge >= 0.3 is 12.0 Å². The fourth-order valence-electron chi connectivity index (χ4n) is 1.60. The first-order valence-electron chi connectivity index (χ1n) is 6.35. The van der Waals surface area contributed by atoms with Gasteiger partial charge in [0.15, 0.2) is 0 Å². The number of para-hydroxylation sites is 1. The molecular weight excluding hydrogens is 260 g/mol. The Morgan fingerprint density at radius 2 is 1.70 bits per heavy atom. The molecule has 1 rings (SSSR count). The minimum absolute atomic E-state index is 0.0329. The number of imide groups is 1. The minimum atomic E-state index is -0.884. The van der Waals surface area contributed by atoms with Crippen molar-refractivity contribution in [1.82, 2.24) is 5.32 Å². The second-order valence-corrected chi connectivity index (χ2v) is 4.35. The molecule has 0 saturated carbocycles. The van der Waals surface area contributed by atoms with Crippen molar-refractivity contribution < 1.29 is 19.5 Å². The van der Waals surface area contributed by atoms with Gasteiger partial charge in [-0.15, -0.1) is 0 Å². The number of hydrogen-bond donors (Lipinski definition) is 2. The summed E-state index contributed by atoms with van der Waals surface area (Å²) in [4.78, 5) is 35.0. The van der Waals surface area contributed by atoms with Gasteiger partial charge in [-0.05, 0) is 25.0 Å². The molecule has 0 fully saturated rings. The van der Waals surface area contributed by atoms with E-state index in [1.54, 1.807) is 31.3 Å². The normalized spacial score (nSPS) is 9.85. The highest BCUT2D eigenvalue weighted by Crippen LogP contribution is 2.10. The first-order valence-corrected chi connectivity index (χ1v) is 6.35. The molecule has 0 aliphatic carbocycles. The fraction of sp³-hybridized carbons (Fsp3) is 0.357. The summed E-state index contributed by atoms with van der Waals surface area (Å²) in [6, 6.07) is 8.45. The van der Waals surface area contributed by atoms with Crippen LogP contribution in [0.4, 0.5) is 10.5 Å². The number of benzene rings is 1. The van der Waals surface area contributed by atoms with Crippen molar-refractivity contribution in [2.45, 2.75) is 25.7 Å². The second kappa shape index (κ2) is 7.93. The number of anilines is 1. The lowest BCUT2D eigenvalue weighted by Crippen LogP contribution is -2.40. The number of nitrogens with one attached hydrogen (secondary N) is 1. The smallest absolute Gasteiger partial charge is 0.328 e. The van der Waals surface area contributed by atoms with E-state index in [2.05, 4.69) is 5.32 Å². The lowest BCUT2D eigenvalue weighted by molar-refractivity contribution is -0.137. The highest BCUT2D eigenvalue weighted by Gasteiger charge is 2.13. The molecule has 108 valence electrons. The Morgan fingerprint density at radius 1 is 1.10 bits per heavy atom. The lowest BCUT2D eigenvalue weighted by atomic mass is 10.2. The summed E-state index contributed by atoms with van der Waals surface area (Å²) < 4.78 is 0. The summed E-state index contributed by atoms with van der Waals surface area (Å²) in [5.74, 6) is -1.28. The summed E-state index contributed by atoms with van der Waals surface area (Å²) in [6.07, 6.45) is 1.04. The van der Waals surface area contributed by atoms with Gasteiger partial charge in [-0.2, -0.15) is 0 Å². The topological polar surface area (TPSA) is 86.7 Å². The SMILES string of the molecule is CN(C(=O)NC(=O)CCCCC(=O)O)c1ccccc1. The van der Waals surface area contributed by atoms with E-state index in [-0.39, 0.29) is 12.8 Å². The van der Waals surface area contributed by atoms with E-state index in [4.69, 9.17) is 5.11 Å². The second-order valence-electron chi connectivity index (χ2n) is 4.35. The van der Waals surface area contributed by atoms with Gasteiger partial charge in [0.25, 0.3) is 0 Å². The van der Waals surface area contributed by atoms with E-state index >= 15 is 0 Å². The Labute approximate surface area is 117 Å². The predicted octanol–water partition coefficient (Wildman–Crippen LogP) is 2.00. The van der Waals surface area contributed by atoms with Gasteiger partial charge < -0.3 is 5.11 Å². The summed E-state index contributed by atoms with van der Waals surface area (Å²) in [6.45, 7) is 0. The predicted molar refractivity (Wildman–Crippen MR) is 74.5 cm³/mol. The van der Waals surface area contributed by atoms with Gasteiger partial charge in [-0.1, -0.05) is 18.2 Å². The molecule has 6 heteroatoms. The lowest BCUT2D eigenvalue weighted by Gasteiger charge is -2.17. The van der Waals surface area contributed by atoms with Crippen LogP contribution in [-0.2, 0) is 9.59 Å². The van der Waals surface area contributed by atoms with Gasteiger partial charge in [0.1, 0.15) is 0 Å². The molecule has 1 aromatic rings. The molecule has 0 aliphatic rings. The number of unbranched alkanes of at least 4 members (excludes halogenated alkanes) is 1. The number of carboxylic acid groups (broad SMARTS) is 1. The van der Waals surface area contributed by atoms with Gasteiger partial charge in [-0.3, -0.25) is 19.8 Å². The van der Waals surface area contributed by atoms with Gasteiger partial charge in [0.2, 0.25) is 5.91 Å². The summed E-state index contributed by atoms with van der Waals surface area (Å²) >= 11 is 0. The number of aliphatic carboxylic acids is 1. The molecule has 0 aromatic heterocycles. The third-order valence-corrected chi connectivity index (χ3v) is 2.74. The number of amides is 3. The first kappa shape index (κ1) is 15.7. The van der Waals surface area contributed by atoms with Gasteiger partial charge in [0, 0.05) is 25.6 Å². The maximum absolute atomic E-state index is 11.8. The summed E-state index contributed by atoms with van der Waals surface area (Å²) in [5, 5.41) is 10.7.